The largest absolute Gasteiger partial charge is 0.468 e. The van der Waals surface area contributed by atoms with E-state index in [1.54, 1.807) is 7.11 Å². The minimum Gasteiger partial charge on any atom is -0.468 e. The number of imidazole rings is 1. The smallest absolute Gasteiger partial charge is 0.320 e. The van der Waals surface area contributed by atoms with Gasteiger partial charge >= 0.3 is 6.01 Å². The van der Waals surface area contributed by atoms with Gasteiger partial charge in [0.25, 0.3) is 6.01 Å². The number of aromatic nitrogens is 4. The summed E-state index contributed by atoms with van der Waals surface area (Å²) in [6.45, 7) is 4.73. The number of rotatable bonds is 8. The molecule has 2 aromatic heterocycles. The van der Waals surface area contributed by atoms with Crippen LogP contribution in [0.15, 0.2) is 0 Å². The Balaban J connectivity index is 2.41. The Morgan fingerprint density at radius 1 is 1.32 bits per heavy atom. The molecule has 0 aromatic carbocycles. The van der Waals surface area contributed by atoms with Gasteiger partial charge in [0.2, 0.25) is 0 Å². The molecule has 2 heterocycles. The summed E-state index contributed by atoms with van der Waals surface area (Å²) >= 11 is 5.77. The Morgan fingerprint density at radius 3 is 2.73 bits per heavy atom. The molecule has 122 valence electrons. The molecular formula is C14H22ClN5O2. The minimum atomic E-state index is 0.0305. The first-order valence-corrected chi connectivity index (χ1v) is 7.94. The fourth-order valence-corrected chi connectivity index (χ4v) is 2.37. The molecule has 0 spiro atoms. The number of nitrogens with zero attached hydrogens (tertiary/aromatic N) is 4. The van der Waals surface area contributed by atoms with Crippen LogP contribution in [0, 0.1) is 0 Å². The van der Waals surface area contributed by atoms with Crippen molar-refractivity contribution in [1.29, 1.82) is 0 Å². The van der Waals surface area contributed by atoms with Crippen LogP contribution in [-0.4, -0.2) is 38.6 Å². The van der Waals surface area contributed by atoms with Gasteiger partial charge in [-0.15, -0.1) is 11.6 Å². The van der Waals surface area contributed by atoms with Gasteiger partial charge in [0.15, 0.2) is 17.0 Å². The molecule has 0 bridgehead atoms. The summed E-state index contributed by atoms with van der Waals surface area (Å²) in [5, 5.41) is 0. The van der Waals surface area contributed by atoms with Gasteiger partial charge in [-0.3, -0.25) is 4.57 Å². The van der Waals surface area contributed by atoms with Crippen molar-refractivity contribution in [3.05, 3.63) is 0 Å². The van der Waals surface area contributed by atoms with Crippen LogP contribution in [-0.2, 0) is 6.54 Å². The second kappa shape index (κ2) is 7.49. The Kier molecular flexibility index (Phi) is 5.65. The maximum atomic E-state index is 5.98. The first-order chi connectivity index (χ1) is 10.6. The molecule has 22 heavy (non-hydrogen) atoms. The summed E-state index contributed by atoms with van der Waals surface area (Å²) in [6.07, 6.45) is 2.76. The molecule has 8 heteroatoms. The van der Waals surface area contributed by atoms with Crippen LogP contribution in [0.2, 0.25) is 0 Å². The summed E-state index contributed by atoms with van der Waals surface area (Å²) in [4.78, 5) is 13.0. The van der Waals surface area contributed by atoms with Gasteiger partial charge in [-0.2, -0.15) is 15.0 Å². The number of anilines is 1. The van der Waals surface area contributed by atoms with Crippen LogP contribution in [0.3, 0.4) is 0 Å². The molecule has 1 atom stereocenters. The van der Waals surface area contributed by atoms with E-state index in [0.717, 1.165) is 19.3 Å². The van der Waals surface area contributed by atoms with E-state index >= 15 is 0 Å². The third-order valence-corrected chi connectivity index (χ3v) is 3.53. The van der Waals surface area contributed by atoms with Crippen molar-refractivity contribution in [1.82, 2.24) is 19.5 Å². The Labute approximate surface area is 134 Å². The van der Waals surface area contributed by atoms with Crippen LogP contribution >= 0.6 is 11.6 Å². The highest BCUT2D eigenvalue weighted by Gasteiger charge is 2.18. The quantitative estimate of drug-likeness (QED) is 0.750. The standard InChI is InChI=1S/C14H22ClN5O2/c1-4-6-9(2)22-13-18-11(16)10-12(19-13)20(8-5-7-15)14(17-10)21-3/h9H,4-8H2,1-3H3,(H2,16,18,19)/t9-/m0/s1. The van der Waals surface area contributed by atoms with E-state index in [1.165, 1.54) is 0 Å². The molecule has 0 aliphatic rings. The van der Waals surface area contributed by atoms with E-state index in [-0.39, 0.29) is 17.9 Å². The summed E-state index contributed by atoms with van der Waals surface area (Å²) in [5.74, 6) is 0.826. The van der Waals surface area contributed by atoms with E-state index in [0.29, 0.717) is 29.6 Å². The summed E-state index contributed by atoms with van der Waals surface area (Å²) in [6, 6.07) is 0.709. The van der Waals surface area contributed by atoms with E-state index in [9.17, 15) is 0 Å². The summed E-state index contributed by atoms with van der Waals surface area (Å²) in [7, 11) is 1.56. The van der Waals surface area contributed by atoms with Crippen LogP contribution in [0.25, 0.3) is 11.2 Å². The van der Waals surface area contributed by atoms with E-state index in [2.05, 4.69) is 21.9 Å². The normalized spacial score (nSPS) is 12.5. The van der Waals surface area contributed by atoms with Crippen molar-refractivity contribution in [3.63, 3.8) is 0 Å². The van der Waals surface area contributed by atoms with Crippen LogP contribution in [0.1, 0.15) is 33.1 Å². The molecule has 2 aromatic rings. The highest BCUT2D eigenvalue weighted by molar-refractivity contribution is 6.17. The van der Waals surface area contributed by atoms with E-state index < -0.39 is 0 Å². The summed E-state index contributed by atoms with van der Waals surface area (Å²) in [5.41, 5.74) is 7.10. The zero-order chi connectivity index (χ0) is 16.1. The van der Waals surface area contributed by atoms with Crippen LogP contribution < -0.4 is 15.2 Å². The summed E-state index contributed by atoms with van der Waals surface area (Å²) < 4.78 is 12.9. The SMILES string of the molecule is CCC[C@H](C)Oc1nc(N)c2nc(OC)n(CCCCl)c2n1. The van der Waals surface area contributed by atoms with Crippen LogP contribution in [0.4, 0.5) is 5.82 Å². The first kappa shape index (κ1) is 16.6. The number of aryl methyl sites for hydroxylation is 1. The molecule has 7 nitrogen and oxygen atoms in total. The van der Waals surface area contributed by atoms with Crippen molar-refractivity contribution in [3.8, 4) is 12.0 Å². The Morgan fingerprint density at radius 2 is 2.09 bits per heavy atom. The van der Waals surface area contributed by atoms with Crippen molar-refractivity contribution in [2.24, 2.45) is 0 Å². The number of hydrogen-bond donors (Lipinski definition) is 1. The van der Waals surface area contributed by atoms with Gasteiger partial charge in [0, 0.05) is 12.4 Å². The molecule has 0 radical (unpaired) electrons. The molecule has 0 saturated heterocycles. The lowest BCUT2D eigenvalue weighted by Crippen LogP contribution is -2.14. The lowest BCUT2D eigenvalue weighted by molar-refractivity contribution is 0.193. The molecule has 0 fully saturated rings. The molecule has 0 saturated carbocycles. The van der Waals surface area contributed by atoms with Crippen LogP contribution in [0.5, 0.6) is 12.0 Å². The minimum absolute atomic E-state index is 0.0305. The first-order valence-electron chi connectivity index (χ1n) is 7.41. The van der Waals surface area contributed by atoms with Gasteiger partial charge < -0.3 is 15.2 Å². The van der Waals surface area contributed by atoms with Gasteiger partial charge in [-0.1, -0.05) is 13.3 Å². The third kappa shape index (κ3) is 3.52. The number of nitrogen functional groups attached to an aromatic ring is 1. The maximum Gasteiger partial charge on any atom is 0.320 e. The molecule has 0 aliphatic heterocycles. The predicted molar refractivity (Wildman–Crippen MR) is 86.6 cm³/mol. The van der Waals surface area contributed by atoms with E-state index in [4.69, 9.17) is 26.8 Å². The fraction of sp³-hybridized carbons (Fsp3) is 0.643. The third-order valence-electron chi connectivity index (χ3n) is 3.27. The van der Waals surface area contributed by atoms with Crippen molar-refractivity contribution < 1.29 is 9.47 Å². The zero-order valence-corrected chi connectivity index (χ0v) is 13.9. The average molecular weight is 328 g/mol. The van der Waals surface area contributed by atoms with Crippen molar-refractivity contribution >= 4 is 28.6 Å². The second-order valence-electron chi connectivity index (χ2n) is 5.07. The van der Waals surface area contributed by atoms with E-state index in [1.807, 2.05) is 11.5 Å². The number of fused-ring (bicyclic) bond motifs is 1. The number of halogens is 1. The number of ether oxygens (including phenoxy) is 2. The van der Waals surface area contributed by atoms with Gasteiger partial charge in [0.05, 0.1) is 13.2 Å². The second-order valence-corrected chi connectivity index (χ2v) is 5.45. The number of nitrogens with two attached hydrogens (primary N) is 1. The monoisotopic (exact) mass is 327 g/mol. The lowest BCUT2D eigenvalue weighted by atomic mass is 10.2. The molecule has 0 amide bonds. The highest BCUT2D eigenvalue weighted by Crippen LogP contribution is 2.26. The average Bonchev–Trinajstić information content (AvgIpc) is 2.83. The number of hydrogen-bond acceptors (Lipinski definition) is 6. The van der Waals surface area contributed by atoms with Crippen molar-refractivity contribution in [2.45, 2.75) is 45.8 Å². The number of methoxy groups -OCH3 is 1. The molecule has 2 rings (SSSR count). The van der Waals surface area contributed by atoms with Gasteiger partial charge in [-0.05, 0) is 19.8 Å². The molecular weight excluding hydrogens is 306 g/mol. The Hall–Kier alpha value is -1.76. The topological polar surface area (TPSA) is 88.1 Å². The maximum absolute atomic E-state index is 5.98. The lowest BCUT2D eigenvalue weighted by Gasteiger charge is -2.12. The van der Waals surface area contributed by atoms with Gasteiger partial charge in [-0.25, -0.2) is 0 Å². The zero-order valence-electron chi connectivity index (χ0n) is 13.2. The number of alkyl halides is 1. The van der Waals surface area contributed by atoms with Gasteiger partial charge in [0.1, 0.15) is 0 Å². The molecule has 2 N–H and O–H groups in total. The Bertz CT molecular complexity index is 631. The molecule has 0 aliphatic carbocycles. The molecule has 0 unspecified atom stereocenters. The predicted octanol–water partition coefficient (Wildman–Crippen LogP) is 2.61. The highest BCUT2D eigenvalue weighted by atomic mass is 35.5. The fourth-order valence-electron chi connectivity index (χ4n) is 2.25. The van der Waals surface area contributed by atoms with Crippen molar-refractivity contribution in [2.75, 3.05) is 18.7 Å².